The van der Waals surface area contributed by atoms with E-state index in [9.17, 15) is 4.39 Å². The first-order chi connectivity index (χ1) is 6.77. The third-order valence-corrected chi connectivity index (χ3v) is 2.27. The molecular weight excluding hydrogens is 175 g/mol. The molecule has 1 rings (SSSR count). The maximum absolute atomic E-state index is 13.5. The molecule has 0 atom stereocenters. The zero-order chi connectivity index (χ0) is 10.4. The molecule has 14 heavy (non-hydrogen) atoms. The minimum absolute atomic E-state index is 0.0715. The lowest BCUT2D eigenvalue weighted by molar-refractivity contribution is 0.606. The van der Waals surface area contributed by atoms with E-state index >= 15 is 0 Å². The predicted molar refractivity (Wildman–Crippen MR) is 58.9 cm³/mol. The van der Waals surface area contributed by atoms with Gasteiger partial charge in [0.1, 0.15) is 5.82 Å². The molecule has 0 saturated carbocycles. The number of hydrogen-bond donors (Lipinski definition) is 0. The molecule has 0 radical (unpaired) electrons. The Morgan fingerprint density at radius 1 is 1.36 bits per heavy atom. The highest BCUT2D eigenvalue weighted by molar-refractivity contribution is 5.24. The Bertz CT molecular complexity index is 302. The molecule has 1 heteroatoms. The third kappa shape index (κ3) is 2.99. The van der Waals surface area contributed by atoms with Crippen LogP contribution in [0.25, 0.3) is 0 Å². The van der Waals surface area contributed by atoms with E-state index in [0.717, 1.165) is 36.8 Å². The first-order valence-corrected chi connectivity index (χ1v) is 5.16. The summed E-state index contributed by atoms with van der Waals surface area (Å²) in [6.07, 6.45) is 5.43. The number of allylic oxidation sites excluding steroid dienone is 1. The molecule has 0 heterocycles. The molecule has 0 unspecified atom stereocenters. The van der Waals surface area contributed by atoms with Gasteiger partial charge in [0.05, 0.1) is 0 Å². The van der Waals surface area contributed by atoms with E-state index < -0.39 is 0 Å². The fourth-order valence-electron chi connectivity index (χ4n) is 1.50. The Balaban J connectivity index is 2.73. The minimum atomic E-state index is -0.0715. The van der Waals surface area contributed by atoms with Gasteiger partial charge in [-0.05, 0) is 36.5 Å². The monoisotopic (exact) mass is 192 g/mol. The lowest BCUT2D eigenvalue weighted by Crippen LogP contribution is -1.92. The summed E-state index contributed by atoms with van der Waals surface area (Å²) in [5, 5.41) is 0. The number of benzene rings is 1. The SMILES string of the molecule is C=CCCc1ccc(CCC)cc1F. The van der Waals surface area contributed by atoms with Crippen molar-refractivity contribution in [2.75, 3.05) is 0 Å². The molecule has 0 aliphatic rings. The largest absolute Gasteiger partial charge is 0.207 e. The van der Waals surface area contributed by atoms with Gasteiger partial charge < -0.3 is 0 Å². The van der Waals surface area contributed by atoms with Gasteiger partial charge in [0.2, 0.25) is 0 Å². The van der Waals surface area contributed by atoms with E-state index in [2.05, 4.69) is 13.5 Å². The minimum Gasteiger partial charge on any atom is -0.207 e. The van der Waals surface area contributed by atoms with Crippen LogP contribution in [0.3, 0.4) is 0 Å². The maximum atomic E-state index is 13.5. The summed E-state index contributed by atoms with van der Waals surface area (Å²) in [5.41, 5.74) is 1.89. The van der Waals surface area contributed by atoms with Gasteiger partial charge >= 0.3 is 0 Å². The van der Waals surface area contributed by atoms with Crippen molar-refractivity contribution < 1.29 is 4.39 Å². The molecule has 1 aromatic rings. The molecule has 0 saturated heterocycles. The van der Waals surface area contributed by atoms with Gasteiger partial charge in [0.15, 0.2) is 0 Å². The highest BCUT2D eigenvalue weighted by Crippen LogP contribution is 2.13. The Morgan fingerprint density at radius 2 is 2.14 bits per heavy atom. The van der Waals surface area contributed by atoms with Crippen molar-refractivity contribution in [2.24, 2.45) is 0 Å². The number of halogens is 1. The smallest absolute Gasteiger partial charge is 0.126 e. The second-order valence-electron chi connectivity index (χ2n) is 3.50. The quantitative estimate of drug-likeness (QED) is 0.621. The number of aryl methyl sites for hydroxylation is 2. The molecule has 0 aliphatic heterocycles. The number of rotatable bonds is 5. The molecule has 76 valence electrons. The maximum Gasteiger partial charge on any atom is 0.126 e. The highest BCUT2D eigenvalue weighted by atomic mass is 19.1. The van der Waals surface area contributed by atoms with Crippen molar-refractivity contribution in [1.29, 1.82) is 0 Å². The van der Waals surface area contributed by atoms with Crippen LogP contribution >= 0.6 is 0 Å². The summed E-state index contributed by atoms with van der Waals surface area (Å²) in [6, 6.07) is 5.57. The number of hydrogen-bond acceptors (Lipinski definition) is 0. The summed E-state index contributed by atoms with van der Waals surface area (Å²) in [5.74, 6) is -0.0715. The van der Waals surface area contributed by atoms with Crippen LogP contribution < -0.4 is 0 Å². The Morgan fingerprint density at radius 3 is 2.71 bits per heavy atom. The van der Waals surface area contributed by atoms with Crippen molar-refractivity contribution in [2.45, 2.75) is 32.6 Å². The molecule has 1 aromatic carbocycles. The van der Waals surface area contributed by atoms with Crippen LogP contribution in [0.2, 0.25) is 0 Å². The molecule has 0 aromatic heterocycles. The van der Waals surface area contributed by atoms with E-state index in [0.29, 0.717) is 0 Å². The van der Waals surface area contributed by atoms with Gasteiger partial charge in [-0.25, -0.2) is 4.39 Å². The van der Waals surface area contributed by atoms with E-state index in [4.69, 9.17) is 0 Å². The molecular formula is C13H17F. The molecule has 0 nitrogen and oxygen atoms in total. The molecule has 0 bridgehead atoms. The van der Waals surface area contributed by atoms with Gasteiger partial charge in [-0.15, -0.1) is 6.58 Å². The van der Waals surface area contributed by atoms with Crippen LogP contribution in [-0.2, 0) is 12.8 Å². The fraction of sp³-hybridized carbons (Fsp3) is 0.385. The predicted octanol–water partition coefficient (Wildman–Crippen LogP) is 3.90. The normalized spacial score (nSPS) is 10.1. The first kappa shape index (κ1) is 11.0. The van der Waals surface area contributed by atoms with Crippen molar-refractivity contribution in [1.82, 2.24) is 0 Å². The van der Waals surface area contributed by atoms with Crippen LogP contribution in [0.4, 0.5) is 4.39 Å². The summed E-state index contributed by atoms with van der Waals surface area (Å²) in [4.78, 5) is 0. The van der Waals surface area contributed by atoms with Crippen molar-refractivity contribution >= 4 is 0 Å². The summed E-state index contributed by atoms with van der Waals surface area (Å²) < 4.78 is 13.5. The Kier molecular flexibility index (Phi) is 4.37. The fourth-order valence-corrected chi connectivity index (χ4v) is 1.50. The molecule has 0 N–H and O–H groups in total. The molecule has 0 spiro atoms. The van der Waals surface area contributed by atoms with E-state index in [1.165, 1.54) is 0 Å². The second-order valence-corrected chi connectivity index (χ2v) is 3.50. The van der Waals surface area contributed by atoms with Crippen molar-refractivity contribution in [3.8, 4) is 0 Å². The second kappa shape index (κ2) is 5.58. The Labute approximate surface area is 85.5 Å². The molecule has 0 aliphatic carbocycles. The van der Waals surface area contributed by atoms with Crippen molar-refractivity contribution in [3.05, 3.63) is 47.8 Å². The highest BCUT2D eigenvalue weighted by Gasteiger charge is 2.01. The topological polar surface area (TPSA) is 0 Å². The van der Waals surface area contributed by atoms with Crippen LogP contribution in [0, 0.1) is 5.82 Å². The zero-order valence-corrected chi connectivity index (χ0v) is 8.72. The Hall–Kier alpha value is -1.11. The average molecular weight is 192 g/mol. The van der Waals surface area contributed by atoms with E-state index in [-0.39, 0.29) is 5.82 Å². The summed E-state index contributed by atoms with van der Waals surface area (Å²) >= 11 is 0. The standard InChI is InChI=1S/C13H17F/c1-3-5-7-12-9-8-11(6-4-2)10-13(12)14/h3,8-10H,1,4-7H2,2H3. The summed E-state index contributed by atoms with van der Waals surface area (Å²) in [7, 11) is 0. The van der Waals surface area contributed by atoms with Gasteiger partial charge in [-0.1, -0.05) is 31.6 Å². The van der Waals surface area contributed by atoms with Gasteiger partial charge in [0.25, 0.3) is 0 Å². The lowest BCUT2D eigenvalue weighted by Gasteiger charge is -2.04. The van der Waals surface area contributed by atoms with Crippen LogP contribution in [0.1, 0.15) is 30.9 Å². The molecule has 0 amide bonds. The van der Waals surface area contributed by atoms with Crippen LogP contribution in [-0.4, -0.2) is 0 Å². The van der Waals surface area contributed by atoms with Gasteiger partial charge in [-0.2, -0.15) is 0 Å². The zero-order valence-electron chi connectivity index (χ0n) is 8.72. The lowest BCUT2D eigenvalue weighted by atomic mass is 10.0. The summed E-state index contributed by atoms with van der Waals surface area (Å²) in [6.45, 7) is 5.73. The van der Waals surface area contributed by atoms with Crippen LogP contribution in [0.5, 0.6) is 0 Å². The van der Waals surface area contributed by atoms with Gasteiger partial charge in [0, 0.05) is 0 Å². The van der Waals surface area contributed by atoms with Crippen LogP contribution in [0.15, 0.2) is 30.9 Å². The van der Waals surface area contributed by atoms with E-state index in [1.807, 2.05) is 18.2 Å². The third-order valence-electron chi connectivity index (χ3n) is 2.27. The van der Waals surface area contributed by atoms with E-state index in [1.54, 1.807) is 6.07 Å². The average Bonchev–Trinajstić information content (AvgIpc) is 2.17. The van der Waals surface area contributed by atoms with Gasteiger partial charge in [-0.3, -0.25) is 0 Å². The first-order valence-electron chi connectivity index (χ1n) is 5.16. The van der Waals surface area contributed by atoms with Crippen molar-refractivity contribution in [3.63, 3.8) is 0 Å². The molecule has 0 fully saturated rings.